The standard InChI is InChI=1S/C10H19NO4S/c12-10-7-16(13,14)6-9(10)11-5-8-1-3-15-4-2-8/h8-12H,1-7H2. The second-order valence-corrected chi connectivity index (χ2v) is 6.87. The van der Waals surface area contributed by atoms with Gasteiger partial charge in [0.1, 0.15) is 0 Å². The van der Waals surface area contributed by atoms with E-state index in [4.69, 9.17) is 4.74 Å². The van der Waals surface area contributed by atoms with Crippen molar-refractivity contribution in [3.8, 4) is 0 Å². The molecular weight excluding hydrogens is 230 g/mol. The van der Waals surface area contributed by atoms with Crippen molar-refractivity contribution < 1.29 is 18.3 Å². The molecule has 0 amide bonds. The molecule has 0 aromatic heterocycles. The Morgan fingerprint density at radius 3 is 2.50 bits per heavy atom. The Morgan fingerprint density at radius 2 is 1.94 bits per heavy atom. The molecule has 6 heteroatoms. The van der Waals surface area contributed by atoms with Crippen molar-refractivity contribution in [1.29, 1.82) is 0 Å². The van der Waals surface area contributed by atoms with Crippen molar-refractivity contribution in [3.63, 3.8) is 0 Å². The first kappa shape index (κ1) is 12.3. The molecule has 2 atom stereocenters. The molecule has 2 heterocycles. The third kappa shape index (κ3) is 3.16. The van der Waals surface area contributed by atoms with Gasteiger partial charge in [0.2, 0.25) is 0 Å². The molecule has 0 saturated carbocycles. The molecule has 2 fully saturated rings. The fourth-order valence-electron chi connectivity index (χ4n) is 2.29. The third-order valence-corrected chi connectivity index (χ3v) is 5.05. The molecule has 2 N–H and O–H groups in total. The first-order valence-electron chi connectivity index (χ1n) is 5.76. The molecule has 5 nitrogen and oxygen atoms in total. The highest BCUT2D eigenvalue weighted by Crippen LogP contribution is 2.16. The molecular formula is C10H19NO4S. The topological polar surface area (TPSA) is 75.6 Å². The van der Waals surface area contributed by atoms with E-state index in [1.807, 2.05) is 0 Å². The van der Waals surface area contributed by atoms with Gasteiger partial charge in [-0.2, -0.15) is 0 Å². The van der Waals surface area contributed by atoms with Crippen LogP contribution in [0.1, 0.15) is 12.8 Å². The number of aliphatic hydroxyl groups is 1. The van der Waals surface area contributed by atoms with Crippen LogP contribution in [0.5, 0.6) is 0 Å². The number of hydrogen-bond acceptors (Lipinski definition) is 5. The summed E-state index contributed by atoms with van der Waals surface area (Å²) in [6.45, 7) is 2.36. The molecule has 2 unspecified atom stereocenters. The highest BCUT2D eigenvalue weighted by molar-refractivity contribution is 7.91. The zero-order valence-corrected chi connectivity index (χ0v) is 10.1. The van der Waals surface area contributed by atoms with Gasteiger partial charge in [0.25, 0.3) is 0 Å². The van der Waals surface area contributed by atoms with Crippen LogP contribution in [0.3, 0.4) is 0 Å². The Balaban J connectivity index is 1.77. The van der Waals surface area contributed by atoms with Crippen molar-refractivity contribution in [2.24, 2.45) is 5.92 Å². The summed E-state index contributed by atoms with van der Waals surface area (Å²) in [4.78, 5) is 0. The summed E-state index contributed by atoms with van der Waals surface area (Å²) in [7, 11) is -3.03. The van der Waals surface area contributed by atoms with E-state index in [2.05, 4.69) is 5.32 Å². The highest BCUT2D eigenvalue weighted by atomic mass is 32.2. The van der Waals surface area contributed by atoms with Crippen molar-refractivity contribution in [3.05, 3.63) is 0 Å². The van der Waals surface area contributed by atoms with Crippen LogP contribution in [0.25, 0.3) is 0 Å². The molecule has 2 rings (SSSR count). The van der Waals surface area contributed by atoms with Crippen LogP contribution >= 0.6 is 0 Å². The van der Waals surface area contributed by atoms with Gasteiger partial charge >= 0.3 is 0 Å². The summed E-state index contributed by atoms with van der Waals surface area (Å²) in [5.41, 5.74) is 0. The van der Waals surface area contributed by atoms with Crippen molar-refractivity contribution >= 4 is 9.84 Å². The number of hydrogen-bond donors (Lipinski definition) is 2. The van der Waals surface area contributed by atoms with E-state index in [9.17, 15) is 13.5 Å². The molecule has 2 aliphatic heterocycles. The van der Waals surface area contributed by atoms with Gasteiger partial charge in [-0.15, -0.1) is 0 Å². The summed E-state index contributed by atoms with van der Waals surface area (Å²) in [5, 5.41) is 12.8. The van der Waals surface area contributed by atoms with Gasteiger partial charge in [0.05, 0.1) is 17.6 Å². The van der Waals surface area contributed by atoms with Gasteiger partial charge in [-0.25, -0.2) is 8.42 Å². The first-order valence-corrected chi connectivity index (χ1v) is 7.58. The van der Waals surface area contributed by atoms with Gasteiger partial charge in [0.15, 0.2) is 9.84 Å². The number of nitrogens with one attached hydrogen (secondary N) is 1. The molecule has 2 aliphatic rings. The lowest BCUT2D eigenvalue weighted by molar-refractivity contribution is 0.0635. The molecule has 0 radical (unpaired) electrons. The molecule has 0 bridgehead atoms. The number of aliphatic hydroxyl groups excluding tert-OH is 1. The molecule has 2 saturated heterocycles. The number of ether oxygens (including phenoxy) is 1. The van der Waals surface area contributed by atoms with Crippen LogP contribution in [0, 0.1) is 5.92 Å². The minimum Gasteiger partial charge on any atom is -0.390 e. The highest BCUT2D eigenvalue weighted by Gasteiger charge is 2.36. The number of rotatable bonds is 3. The van der Waals surface area contributed by atoms with Crippen LogP contribution in [-0.4, -0.2) is 56.9 Å². The predicted molar refractivity (Wildman–Crippen MR) is 60.0 cm³/mol. The lowest BCUT2D eigenvalue weighted by atomic mass is 10.00. The van der Waals surface area contributed by atoms with Crippen LogP contribution < -0.4 is 5.32 Å². The molecule has 94 valence electrons. The zero-order valence-electron chi connectivity index (χ0n) is 9.26. The molecule has 0 aliphatic carbocycles. The maximum Gasteiger partial charge on any atom is 0.154 e. The van der Waals surface area contributed by atoms with Gasteiger partial charge in [0, 0.05) is 19.3 Å². The van der Waals surface area contributed by atoms with Crippen molar-refractivity contribution in [1.82, 2.24) is 5.32 Å². The van der Waals surface area contributed by atoms with Crippen molar-refractivity contribution in [2.45, 2.75) is 25.0 Å². The second-order valence-electron chi connectivity index (χ2n) is 4.71. The molecule has 0 aromatic rings. The number of sulfone groups is 1. The Morgan fingerprint density at radius 1 is 1.25 bits per heavy atom. The van der Waals surface area contributed by atoms with Crippen LogP contribution in [-0.2, 0) is 14.6 Å². The Hall–Kier alpha value is -0.170. The largest absolute Gasteiger partial charge is 0.390 e. The first-order chi connectivity index (χ1) is 7.57. The van der Waals surface area contributed by atoms with Crippen LogP contribution in [0.15, 0.2) is 0 Å². The van der Waals surface area contributed by atoms with E-state index in [0.717, 1.165) is 32.6 Å². The molecule has 0 aromatic carbocycles. The Bertz CT molecular complexity index is 324. The maximum absolute atomic E-state index is 11.3. The average Bonchev–Trinajstić information content (AvgIpc) is 2.50. The summed E-state index contributed by atoms with van der Waals surface area (Å²) in [6.07, 6.45) is 1.29. The van der Waals surface area contributed by atoms with E-state index in [1.165, 1.54) is 0 Å². The van der Waals surface area contributed by atoms with Crippen LogP contribution in [0.4, 0.5) is 0 Å². The SMILES string of the molecule is O=S1(=O)CC(O)C(NCC2CCOCC2)C1. The maximum atomic E-state index is 11.3. The quantitative estimate of drug-likeness (QED) is 0.682. The van der Waals surface area contributed by atoms with Gasteiger partial charge in [-0.1, -0.05) is 0 Å². The fraction of sp³-hybridized carbons (Fsp3) is 1.00. The lowest BCUT2D eigenvalue weighted by Gasteiger charge is -2.24. The van der Waals surface area contributed by atoms with E-state index in [-0.39, 0.29) is 17.5 Å². The summed E-state index contributed by atoms with van der Waals surface area (Å²) >= 11 is 0. The monoisotopic (exact) mass is 249 g/mol. The van der Waals surface area contributed by atoms with Gasteiger partial charge in [-0.05, 0) is 25.3 Å². The fourth-order valence-corrected chi connectivity index (χ4v) is 4.07. The normalized spacial score (nSPS) is 35.3. The summed E-state index contributed by atoms with van der Waals surface area (Å²) < 4.78 is 27.8. The van der Waals surface area contributed by atoms with E-state index < -0.39 is 15.9 Å². The zero-order chi connectivity index (χ0) is 11.6. The summed E-state index contributed by atoms with van der Waals surface area (Å²) in [5.74, 6) is 0.514. The summed E-state index contributed by atoms with van der Waals surface area (Å²) in [6, 6.07) is -0.284. The van der Waals surface area contributed by atoms with Gasteiger partial charge in [-0.3, -0.25) is 0 Å². The van der Waals surface area contributed by atoms with Gasteiger partial charge < -0.3 is 15.2 Å². The minimum absolute atomic E-state index is 0.0669. The smallest absolute Gasteiger partial charge is 0.154 e. The van der Waals surface area contributed by atoms with E-state index in [0.29, 0.717) is 5.92 Å². The minimum atomic E-state index is -3.03. The van der Waals surface area contributed by atoms with E-state index >= 15 is 0 Å². The Labute approximate surface area is 96.1 Å². The van der Waals surface area contributed by atoms with Crippen LogP contribution in [0.2, 0.25) is 0 Å². The molecule has 0 spiro atoms. The second kappa shape index (κ2) is 5.00. The lowest BCUT2D eigenvalue weighted by Crippen LogP contribution is -2.42. The average molecular weight is 249 g/mol. The third-order valence-electron chi connectivity index (χ3n) is 3.33. The van der Waals surface area contributed by atoms with Crippen molar-refractivity contribution in [2.75, 3.05) is 31.3 Å². The predicted octanol–water partition coefficient (Wildman–Crippen LogP) is -0.839. The van der Waals surface area contributed by atoms with E-state index in [1.54, 1.807) is 0 Å². The Kier molecular flexibility index (Phi) is 3.84. The molecule has 16 heavy (non-hydrogen) atoms.